The summed E-state index contributed by atoms with van der Waals surface area (Å²) >= 11 is 0. The standard InChI is InChI=1S/C13H15N3O3/c1-3-4-7-10(2)14-15-13(17)11-8-5-6-9-12(11)16(18)19/h3,5-6,8-9H,1,4,7H2,2H3,(H,15,17)/b14-10+. The van der Waals surface area contributed by atoms with Crippen molar-refractivity contribution in [3.63, 3.8) is 0 Å². The quantitative estimate of drug-likeness (QED) is 0.370. The van der Waals surface area contributed by atoms with E-state index in [9.17, 15) is 14.9 Å². The number of hydrazone groups is 1. The van der Waals surface area contributed by atoms with E-state index in [1.54, 1.807) is 19.1 Å². The van der Waals surface area contributed by atoms with Crippen molar-refractivity contribution in [1.29, 1.82) is 0 Å². The molecule has 0 saturated carbocycles. The molecule has 0 aliphatic carbocycles. The summed E-state index contributed by atoms with van der Waals surface area (Å²) in [6, 6.07) is 5.75. The van der Waals surface area contributed by atoms with Gasteiger partial charge in [-0.25, -0.2) is 5.43 Å². The smallest absolute Gasteiger partial charge is 0.267 e. The van der Waals surface area contributed by atoms with Crippen LogP contribution in [0.25, 0.3) is 0 Å². The topological polar surface area (TPSA) is 84.6 Å². The molecule has 0 unspecified atom stereocenters. The largest absolute Gasteiger partial charge is 0.282 e. The molecule has 0 fully saturated rings. The Hall–Kier alpha value is -2.50. The third-order valence-corrected chi connectivity index (χ3v) is 2.40. The van der Waals surface area contributed by atoms with Gasteiger partial charge in [-0.1, -0.05) is 18.2 Å². The first kappa shape index (κ1) is 14.6. The molecule has 1 aromatic carbocycles. The number of rotatable bonds is 6. The Morgan fingerprint density at radius 2 is 2.21 bits per heavy atom. The molecule has 1 rings (SSSR count). The number of nitro groups is 1. The highest BCUT2D eigenvalue weighted by Crippen LogP contribution is 2.17. The highest BCUT2D eigenvalue weighted by Gasteiger charge is 2.18. The van der Waals surface area contributed by atoms with Gasteiger partial charge in [0.05, 0.1) is 4.92 Å². The van der Waals surface area contributed by atoms with E-state index in [0.29, 0.717) is 6.42 Å². The summed E-state index contributed by atoms with van der Waals surface area (Å²) in [5.41, 5.74) is 2.80. The van der Waals surface area contributed by atoms with Crippen molar-refractivity contribution in [2.45, 2.75) is 19.8 Å². The summed E-state index contributed by atoms with van der Waals surface area (Å²) < 4.78 is 0. The van der Waals surface area contributed by atoms with Gasteiger partial charge in [0.1, 0.15) is 5.56 Å². The van der Waals surface area contributed by atoms with Crippen LogP contribution in [-0.4, -0.2) is 16.5 Å². The number of para-hydroxylation sites is 1. The molecule has 1 aromatic rings. The summed E-state index contributed by atoms with van der Waals surface area (Å²) in [4.78, 5) is 22.0. The molecule has 1 amide bonds. The molecular weight excluding hydrogens is 246 g/mol. The van der Waals surface area contributed by atoms with Gasteiger partial charge in [-0.05, 0) is 25.8 Å². The van der Waals surface area contributed by atoms with E-state index in [4.69, 9.17) is 0 Å². The highest BCUT2D eigenvalue weighted by molar-refractivity contribution is 5.98. The summed E-state index contributed by atoms with van der Waals surface area (Å²) in [5.74, 6) is -0.592. The van der Waals surface area contributed by atoms with Crippen LogP contribution in [0.4, 0.5) is 5.69 Å². The zero-order chi connectivity index (χ0) is 14.3. The van der Waals surface area contributed by atoms with Crippen LogP contribution in [0.3, 0.4) is 0 Å². The Labute approximate surface area is 111 Å². The van der Waals surface area contributed by atoms with E-state index in [2.05, 4.69) is 17.1 Å². The van der Waals surface area contributed by atoms with Crippen molar-refractivity contribution >= 4 is 17.3 Å². The van der Waals surface area contributed by atoms with E-state index in [1.807, 2.05) is 0 Å². The molecule has 0 radical (unpaired) electrons. The van der Waals surface area contributed by atoms with E-state index >= 15 is 0 Å². The second-order valence-corrected chi connectivity index (χ2v) is 3.89. The lowest BCUT2D eigenvalue weighted by molar-refractivity contribution is -0.385. The fraction of sp³-hybridized carbons (Fsp3) is 0.231. The molecule has 0 aliphatic heterocycles. The number of carbonyl (C=O) groups is 1. The van der Waals surface area contributed by atoms with Crippen molar-refractivity contribution in [2.75, 3.05) is 0 Å². The van der Waals surface area contributed by atoms with E-state index in [1.165, 1.54) is 18.2 Å². The zero-order valence-electron chi connectivity index (χ0n) is 10.6. The van der Waals surface area contributed by atoms with Crippen molar-refractivity contribution in [3.8, 4) is 0 Å². The predicted octanol–water partition coefficient (Wildman–Crippen LogP) is 2.67. The summed E-state index contributed by atoms with van der Waals surface area (Å²) in [6.07, 6.45) is 3.19. The molecular formula is C13H15N3O3. The number of nitrogens with zero attached hydrogens (tertiary/aromatic N) is 2. The average molecular weight is 261 g/mol. The summed E-state index contributed by atoms with van der Waals surface area (Å²) in [5, 5.41) is 14.7. The monoisotopic (exact) mass is 261 g/mol. The van der Waals surface area contributed by atoms with Crippen molar-refractivity contribution in [3.05, 3.63) is 52.6 Å². The number of amides is 1. The van der Waals surface area contributed by atoms with E-state index < -0.39 is 10.8 Å². The maximum absolute atomic E-state index is 11.8. The average Bonchev–Trinajstić information content (AvgIpc) is 2.42. The Bertz CT molecular complexity index is 524. The van der Waals surface area contributed by atoms with Crippen LogP contribution in [0.5, 0.6) is 0 Å². The minimum atomic E-state index is -0.594. The van der Waals surface area contributed by atoms with Crippen LogP contribution in [-0.2, 0) is 0 Å². The van der Waals surface area contributed by atoms with Gasteiger partial charge in [-0.15, -0.1) is 6.58 Å². The van der Waals surface area contributed by atoms with Crippen molar-refractivity contribution < 1.29 is 9.72 Å². The lowest BCUT2D eigenvalue weighted by Gasteiger charge is -2.02. The number of nitrogens with one attached hydrogen (secondary N) is 1. The SMILES string of the molecule is C=CCC/C(C)=N/NC(=O)c1ccccc1[N+](=O)[O-]. The number of hydrogen-bond donors (Lipinski definition) is 1. The first-order chi connectivity index (χ1) is 9.06. The molecule has 0 aliphatic rings. The molecule has 0 atom stereocenters. The van der Waals surface area contributed by atoms with Crippen LogP contribution >= 0.6 is 0 Å². The van der Waals surface area contributed by atoms with Gasteiger partial charge >= 0.3 is 0 Å². The molecule has 0 heterocycles. The minimum absolute atomic E-state index is 0.00669. The molecule has 0 saturated heterocycles. The Morgan fingerprint density at radius 1 is 1.53 bits per heavy atom. The van der Waals surface area contributed by atoms with Crippen LogP contribution in [0.1, 0.15) is 30.1 Å². The van der Waals surface area contributed by atoms with Crippen molar-refractivity contribution in [1.82, 2.24) is 5.43 Å². The zero-order valence-corrected chi connectivity index (χ0v) is 10.6. The van der Waals surface area contributed by atoms with Crippen LogP contribution in [0, 0.1) is 10.1 Å². The lowest BCUT2D eigenvalue weighted by Crippen LogP contribution is -2.20. The van der Waals surface area contributed by atoms with Crippen LogP contribution < -0.4 is 5.43 Å². The van der Waals surface area contributed by atoms with Gasteiger partial charge in [0.25, 0.3) is 11.6 Å². The maximum atomic E-state index is 11.8. The Kier molecular flexibility index (Phi) is 5.40. The minimum Gasteiger partial charge on any atom is -0.267 e. The summed E-state index contributed by atoms with van der Waals surface area (Å²) in [7, 11) is 0. The summed E-state index contributed by atoms with van der Waals surface area (Å²) in [6.45, 7) is 5.36. The van der Waals surface area contributed by atoms with Gasteiger partial charge in [0.15, 0.2) is 0 Å². The van der Waals surface area contributed by atoms with Crippen LogP contribution in [0.2, 0.25) is 0 Å². The van der Waals surface area contributed by atoms with Crippen LogP contribution in [0.15, 0.2) is 42.0 Å². The Morgan fingerprint density at radius 3 is 2.84 bits per heavy atom. The molecule has 19 heavy (non-hydrogen) atoms. The third-order valence-electron chi connectivity index (χ3n) is 2.40. The fourth-order valence-electron chi connectivity index (χ4n) is 1.40. The number of carbonyl (C=O) groups excluding carboxylic acids is 1. The van der Waals surface area contributed by atoms with Crippen molar-refractivity contribution in [2.24, 2.45) is 5.10 Å². The molecule has 6 heteroatoms. The highest BCUT2D eigenvalue weighted by atomic mass is 16.6. The van der Waals surface area contributed by atoms with Gasteiger partial charge < -0.3 is 0 Å². The third kappa shape index (κ3) is 4.34. The number of benzene rings is 1. The number of hydrogen-bond acceptors (Lipinski definition) is 4. The van der Waals surface area contributed by atoms with Gasteiger partial charge in [0, 0.05) is 11.8 Å². The lowest BCUT2D eigenvalue weighted by atomic mass is 10.2. The second kappa shape index (κ2) is 7.05. The van der Waals surface area contributed by atoms with E-state index in [-0.39, 0.29) is 11.3 Å². The molecule has 6 nitrogen and oxygen atoms in total. The number of allylic oxidation sites excluding steroid dienone is 1. The molecule has 1 N–H and O–H groups in total. The van der Waals surface area contributed by atoms with Gasteiger partial charge in [-0.3, -0.25) is 14.9 Å². The normalized spacial score (nSPS) is 10.9. The Balaban J connectivity index is 2.79. The first-order valence-corrected chi connectivity index (χ1v) is 5.74. The molecule has 100 valence electrons. The maximum Gasteiger partial charge on any atom is 0.282 e. The second-order valence-electron chi connectivity index (χ2n) is 3.89. The van der Waals surface area contributed by atoms with Gasteiger partial charge in [-0.2, -0.15) is 5.10 Å². The first-order valence-electron chi connectivity index (χ1n) is 5.74. The molecule has 0 bridgehead atoms. The molecule has 0 spiro atoms. The van der Waals surface area contributed by atoms with Gasteiger partial charge in [0.2, 0.25) is 0 Å². The fourth-order valence-corrected chi connectivity index (χ4v) is 1.40. The predicted molar refractivity (Wildman–Crippen MR) is 73.1 cm³/mol. The molecule has 0 aromatic heterocycles. The van der Waals surface area contributed by atoms with E-state index in [0.717, 1.165) is 12.1 Å². The number of nitro benzene ring substituents is 1.